The smallest absolute Gasteiger partial charge is 0.318 e. The van der Waals surface area contributed by atoms with Crippen LogP contribution in [0.2, 0.25) is 0 Å². The fourth-order valence-electron chi connectivity index (χ4n) is 3.67. The summed E-state index contributed by atoms with van der Waals surface area (Å²) in [5, 5.41) is 3.06. The number of carbonyl (C=O) groups excluding carboxylic acids is 1. The maximum absolute atomic E-state index is 13.2. The first-order chi connectivity index (χ1) is 14.1. The minimum absolute atomic E-state index is 0.120. The number of ether oxygens (including phenoxy) is 1. The van der Waals surface area contributed by atoms with Gasteiger partial charge < -0.3 is 15.0 Å². The molecule has 3 rings (SSSR count). The molecule has 5 nitrogen and oxygen atoms in total. The molecule has 1 unspecified atom stereocenters. The van der Waals surface area contributed by atoms with Crippen LogP contribution in [0, 0.1) is 5.82 Å². The normalized spacial score (nSPS) is 15.7. The number of benzene rings is 2. The number of halogens is 1. The van der Waals surface area contributed by atoms with Crippen LogP contribution < -0.4 is 5.32 Å². The van der Waals surface area contributed by atoms with Crippen LogP contribution in [0.1, 0.15) is 36.6 Å². The molecule has 6 heteroatoms. The molecular weight excluding hydrogens is 369 g/mol. The molecule has 0 aromatic heterocycles. The summed E-state index contributed by atoms with van der Waals surface area (Å²) >= 11 is 0. The van der Waals surface area contributed by atoms with E-state index in [0.717, 1.165) is 44.0 Å². The molecule has 0 bridgehead atoms. The Bertz CT molecular complexity index is 791. The highest BCUT2D eigenvalue weighted by atomic mass is 19.1. The lowest BCUT2D eigenvalue weighted by Gasteiger charge is -2.29. The van der Waals surface area contributed by atoms with Crippen LogP contribution in [0.5, 0.6) is 0 Å². The van der Waals surface area contributed by atoms with E-state index in [1.165, 1.54) is 17.7 Å². The van der Waals surface area contributed by atoms with Gasteiger partial charge in [0.25, 0.3) is 0 Å². The van der Waals surface area contributed by atoms with Gasteiger partial charge in [0.15, 0.2) is 0 Å². The molecule has 1 atom stereocenters. The van der Waals surface area contributed by atoms with Gasteiger partial charge in [0.2, 0.25) is 0 Å². The Kier molecular flexibility index (Phi) is 7.61. The van der Waals surface area contributed by atoms with Gasteiger partial charge in [0.05, 0.1) is 19.3 Å². The SMILES string of the molecule is CCN(C(=O)NCc1ccccc1CN1CCOCC1)C(C)c1ccc(F)cc1. The van der Waals surface area contributed by atoms with Crippen molar-refractivity contribution in [3.05, 3.63) is 71.0 Å². The molecule has 2 amide bonds. The lowest BCUT2D eigenvalue weighted by molar-refractivity contribution is 0.0340. The van der Waals surface area contributed by atoms with Crippen molar-refractivity contribution in [1.82, 2.24) is 15.1 Å². The van der Waals surface area contributed by atoms with E-state index < -0.39 is 0 Å². The number of nitrogens with one attached hydrogen (secondary N) is 1. The zero-order valence-corrected chi connectivity index (χ0v) is 17.2. The molecule has 0 spiro atoms. The van der Waals surface area contributed by atoms with Crippen molar-refractivity contribution in [2.75, 3.05) is 32.8 Å². The van der Waals surface area contributed by atoms with E-state index in [1.54, 1.807) is 17.0 Å². The number of morpholine rings is 1. The molecular formula is C23H30FN3O2. The quantitative estimate of drug-likeness (QED) is 0.767. The van der Waals surface area contributed by atoms with Gasteiger partial charge in [0, 0.05) is 32.7 Å². The topological polar surface area (TPSA) is 44.8 Å². The second kappa shape index (κ2) is 10.4. The Morgan fingerprint density at radius 2 is 1.79 bits per heavy atom. The van der Waals surface area contributed by atoms with E-state index in [2.05, 4.69) is 22.3 Å². The summed E-state index contributed by atoms with van der Waals surface area (Å²) in [5.41, 5.74) is 3.26. The Labute approximate surface area is 172 Å². The molecule has 1 aliphatic rings. The van der Waals surface area contributed by atoms with Crippen LogP contribution in [0.4, 0.5) is 9.18 Å². The summed E-state index contributed by atoms with van der Waals surface area (Å²) in [4.78, 5) is 17.0. The van der Waals surface area contributed by atoms with Crippen LogP contribution in [0.3, 0.4) is 0 Å². The number of rotatable bonds is 7. The Balaban J connectivity index is 1.62. The highest BCUT2D eigenvalue weighted by molar-refractivity contribution is 5.74. The molecule has 1 saturated heterocycles. The van der Waals surface area contributed by atoms with E-state index in [1.807, 2.05) is 26.0 Å². The predicted molar refractivity (Wildman–Crippen MR) is 112 cm³/mol. The molecule has 1 heterocycles. The zero-order valence-electron chi connectivity index (χ0n) is 17.2. The Morgan fingerprint density at radius 3 is 2.45 bits per heavy atom. The van der Waals surface area contributed by atoms with Crippen LogP contribution in [-0.2, 0) is 17.8 Å². The first-order valence-corrected chi connectivity index (χ1v) is 10.2. The molecule has 0 saturated carbocycles. The van der Waals surface area contributed by atoms with Crippen molar-refractivity contribution in [3.63, 3.8) is 0 Å². The van der Waals surface area contributed by atoms with E-state index in [4.69, 9.17) is 4.74 Å². The van der Waals surface area contributed by atoms with Crippen LogP contribution >= 0.6 is 0 Å². The van der Waals surface area contributed by atoms with E-state index in [-0.39, 0.29) is 17.9 Å². The van der Waals surface area contributed by atoms with Gasteiger partial charge in [-0.05, 0) is 42.7 Å². The monoisotopic (exact) mass is 399 g/mol. The molecule has 156 valence electrons. The van der Waals surface area contributed by atoms with Crippen LogP contribution in [0.15, 0.2) is 48.5 Å². The fraction of sp³-hybridized carbons (Fsp3) is 0.435. The molecule has 1 N–H and O–H groups in total. The fourth-order valence-corrected chi connectivity index (χ4v) is 3.67. The minimum Gasteiger partial charge on any atom is -0.379 e. The van der Waals surface area contributed by atoms with Crippen molar-refractivity contribution in [2.45, 2.75) is 33.0 Å². The maximum atomic E-state index is 13.2. The summed E-state index contributed by atoms with van der Waals surface area (Å²) in [6.45, 7) is 9.22. The highest BCUT2D eigenvalue weighted by Gasteiger charge is 2.20. The third-order valence-electron chi connectivity index (χ3n) is 5.47. The number of amides is 2. The minimum atomic E-state index is -0.273. The van der Waals surface area contributed by atoms with Crippen molar-refractivity contribution in [3.8, 4) is 0 Å². The first-order valence-electron chi connectivity index (χ1n) is 10.2. The number of hydrogen-bond donors (Lipinski definition) is 1. The average Bonchev–Trinajstić information content (AvgIpc) is 2.75. The number of nitrogens with zero attached hydrogens (tertiary/aromatic N) is 2. The number of hydrogen-bond acceptors (Lipinski definition) is 3. The van der Waals surface area contributed by atoms with E-state index in [9.17, 15) is 9.18 Å². The standard InChI is InChI=1S/C23H30FN3O2/c1-3-27(18(2)19-8-10-22(24)11-9-19)23(28)25-16-20-6-4-5-7-21(20)17-26-12-14-29-15-13-26/h4-11,18H,3,12-17H2,1-2H3,(H,25,28). The van der Waals surface area contributed by atoms with E-state index >= 15 is 0 Å². The lowest BCUT2D eigenvalue weighted by atomic mass is 10.1. The average molecular weight is 400 g/mol. The van der Waals surface area contributed by atoms with Crippen molar-refractivity contribution in [1.29, 1.82) is 0 Å². The van der Waals surface area contributed by atoms with Gasteiger partial charge in [-0.2, -0.15) is 0 Å². The highest BCUT2D eigenvalue weighted by Crippen LogP contribution is 2.21. The van der Waals surface area contributed by atoms with Gasteiger partial charge in [-0.1, -0.05) is 36.4 Å². The predicted octanol–water partition coefficient (Wildman–Crippen LogP) is 3.95. The molecule has 1 aliphatic heterocycles. The summed E-state index contributed by atoms with van der Waals surface area (Å²) in [6.07, 6.45) is 0. The lowest BCUT2D eigenvalue weighted by Crippen LogP contribution is -2.41. The Morgan fingerprint density at radius 1 is 1.14 bits per heavy atom. The van der Waals surface area contributed by atoms with Gasteiger partial charge in [-0.15, -0.1) is 0 Å². The molecule has 2 aromatic carbocycles. The van der Waals surface area contributed by atoms with E-state index in [0.29, 0.717) is 13.1 Å². The second-order valence-corrected chi connectivity index (χ2v) is 7.33. The molecule has 29 heavy (non-hydrogen) atoms. The summed E-state index contributed by atoms with van der Waals surface area (Å²) in [5.74, 6) is -0.273. The number of carbonyl (C=O) groups is 1. The third-order valence-corrected chi connectivity index (χ3v) is 5.47. The summed E-state index contributed by atoms with van der Waals surface area (Å²) in [6, 6.07) is 14.3. The second-order valence-electron chi connectivity index (χ2n) is 7.33. The van der Waals surface area contributed by atoms with Crippen molar-refractivity contribution < 1.29 is 13.9 Å². The van der Waals surface area contributed by atoms with Gasteiger partial charge in [0.1, 0.15) is 5.82 Å². The molecule has 0 aliphatic carbocycles. The first kappa shape index (κ1) is 21.3. The van der Waals surface area contributed by atoms with Gasteiger partial charge >= 0.3 is 6.03 Å². The van der Waals surface area contributed by atoms with Crippen molar-refractivity contribution >= 4 is 6.03 Å². The maximum Gasteiger partial charge on any atom is 0.318 e. The van der Waals surface area contributed by atoms with Crippen LogP contribution in [-0.4, -0.2) is 48.7 Å². The molecule has 2 aromatic rings. The summed E-state index contributed by atoms with van der Waals surface area (Å²) in [7, 11) is 0. The van der Waals surface area contributed by atoms with Crippen molar-refractivity contribution in [2.24, 2.45) is 0 Å². The van der Waals surface area contributed by atoms with Gasteiger partial charge in [-0.3, -0.25) is 4.90 Å². The Hall–Kier alpha value is -2.44. The largest absolute Gasteiger partial charge is 0.379 e. The van der Waals surface area contributed by atoms with Gasteiger partial charge in [-0.25, -0.2) is 9.18 Å². The third kappa shape index (κ3) is 5.78. The van der Waals surface area contributed by atoms with Crippen LogP contribution in [0.25, 0.3) is 0 Å². The molecule has 0 radical (unpaired) electrons. The zero-order chi connectivity index (χ0) is 20.6. The molecule has 1 fully saturated rings. The summed E-state index contributed by atoms with van der Waals surface area (Å²) < 4.78 is 18.6. The number of urea groups is 1.